The van der Waals surface area contributed by atoms with Crippen LogP contribution in [0.2, 0.25) is 0 Å². The van der Waals surface area contributed by atoms with Gasteiger partial charge in [-0.1, -0.05) is 5.21 Å². The molecule has 0 radical (unpaired) electrons. The molecule has 9 heteroatoms. The number of amides is 1. The summed E-state index contributed by atoms with van der Waals surface area (Å²) in [5.74, 6) is 0. The molecule has 0 atom stereocenters. The van der Waals surface area contributed by atoms with E-state index in [-0.39, 0.29) is 6.41 Å². The number of hydrogen-bond donors (Lipinski definition) is 2. The molecular formula is C7H10N6O3. The van der Waals surface area contributed by atoms with Crippen molar-refractivity contribution < 1.29 is 9.90 Å². The highest BCUT2D eigenvalue weighted by atomic mass is 16.3. The van der Waals surface area contributed by atoms with Gasteiger partial charge < -0.3 is 10.8 Å². The molecule has 0 fully saturated rings. The van der Waals surface area contributed by atoms with Crippen LogP contribution in [0, 0.1) is 6.92 Å². The Morgan fingerprint density at radius 3 is 2.81 bits per heavy atom. The summed E-state index contributed by atoms with van der Waals surface area (Å²) in [6.07, 6.45) is 1.60. The van der Waals surface area contributed by atoms with Gasteiger partial charge in [-0.3, -0.25) is 4.79 Å². The van der Waals surface area contributed by atoms with Crippen LogP contribution in [0.4, 0.5) is 0 Å². The monoisotopic (exact) mass is 226 g/mol. The fourth-order valence-electron chi connectivity index (χ4n) is 1.04. The molecule has 0 saturated heterocycles. The Labute approximate surface area is 89.1 Å². The zero-order chi connectivity index (χ0) is 12.1. The van der Waals surface area contributed by atoms with Crippen molar-refractivity contribution in [2.24, 2.45) is 5.73 Å². The molecule has 86 valence electrons. The summed E-state index contributed by atoms with van der Waals surface area (Å²) in [4.78, 5) is 23.9. The predicted octanol–water partition coefficient (Wildman–Crippen LogP) is -2.35. The van der Waals surface area contributed by atoms with Gasteiger partial charge >= 0.3 is 5.69 Å². The van der Waals surface area contributed by atoms with Gasteiger partial charge in [-0.25, -0.2) is 14.2 Å². The standard InChI is InChI=1S/C6H7N5O2.CH3NO/c1-4-5-8-9-11(3-12)6(13)10(5)2-7-4;2-1-3/h2,12H,3H2,1H3;1H,(H2,2,3). The Hall–Kier alpha value is -2.29. The van der Waals surface area contributed by atoms with Gasteiger partial charge in [-0.05, 0) is 6.92 Å². The average molecular weight is 226 g/mol. The number of primary amides is 1. The molecule has 0 spiro atoms. The molecule has 2 aromatic rings. The van der Waals surface area contributed by atoms with Crippen LogP contribution in [0.5, 0.6) is 0 Å². The number of nitrogens with zero attached hydrogens (tertiary/aromatic N) is 5. The Morgan fingerprint density at radius 2 is 2.25 bits per heavy atom. The summed E-state index contributed by atoms with van der Waals surface area (Å²) in [5, 5.41) is 15.9. The zero-order valence-electron chi connectivity index (χ0n) is 8.44. The molecule has 0 unspecified atom stereocenters. The highest BCUT2D eigenvalue weighted by molar-refractivity contribution is 5.42. The third-order valence-electron chi connectivity index (χ3n) is 1.73. The summed E-state index contributed by atoms with van der Waals surface area (Å²) >= 11 is 0. The third kappa shape index (κ3) is 2.03. The Morgan fingerprint density at radius 1 is 1.62 bits per heavy atom. The summed E-state index contributed by atoms with van der Waals surface area (Å²) in [5.41, 5.74) is 4.76. The molecule has 3 N–H and O–H groups in total. The second-order valence-electron chi connectivity index (χ2n) is 2.67. The van der Waals surface area contributed by atoms with E-state index in [0.29, 0.717) is 11.3 Å². The minimum absolute atomic E-state index is 0.250. The Bertz CT molecular complexity index is 545. The first-order chi connectivity index (χ1) is 7.65. The molecule has 0 aliphatic rings. The van der Waals surface area contributed by atoms with E-state index in [4.69, 9.17) is 9.90 Å². The number of aryl methyl sites for hydroxylation is 1. The first kappa shape index (κ1) is 11.8. The normalized spacial score (nSPS) is 9.62. The van der Waals surface area contributed by atoms with Crippen molar-refractivity contribution in [2.45, 2.75) is 13.7 Å². The topological polar surface area (TPSA) is 128 Å². The molecule has 16 heavy (non-hydrogen) atoms. The Kier molecular flexibility index (Phi) is 3.67. The fraction of sp³-hybridized carbons (Fsp3) is 0.286. The van der Waals surface area contributed by atoms with E-state index in [1.54, 1.807) is 6.92 Å². The van der Waals surface area contributed by atoms with E-state index in [1.807, 2.05) is 0 Å². The van der Waals surface area contributed by atoms with Gasteiger partial charge in [0.2, 0.25) is 6.41 Å². The molecular weight excluding hydrogens is 216 g/mol. The number of imidazole rings is 1. The van der Waals surface area contributed by atoms with Gasteiger partial charge in [-0.2, -0.15) is 4.68 Å². The van der Waals surface area contributed by atoms with E-state index in [1.165, 1.54) is 10.7 Å². The molecule has 2 heterocycles. The van der Waals surface area contributed by atoms with Gasteiger partial charge in [0.25, 0.3) is 0 Å². The number of aromatic nitrogens is 5. The SMILES string of the molecule is Cc1ncn2c(=O)n(CO)nnc12.NC=O. The van der Waals surface area contributed by atoms with Crippen LogP contribution < -0.4 is 11.4 Å². The van der Waals surface area contributed by atoms with Crippen molar-refractivity contribution in [2.75, 3.05) is 0 Å². The van der Waals surface area contributed by atoms with E-state index < -0.39 is 12.4 Å². The highest BCUT2D eigenvalue weighted by Crippen LogP contribution is 1.98. The van der Waals surface area contributed by atoms with E-state index in [9.17, 15) is 4.79 Å². The van der Waals surface area contributed by atoms with Crippen LogP contribution in [-0.4, -0.2) is 35.9 Å². The maximum absolute atomic E-state index is 11.4. The van der Waals surface area contributed by atoms with Crippen molar-refractivity contribution in [3.8, 4) is 0 Å². The van der Waals surface area contributed by atoms with Gasteiger partial charge in [0.15, 0.2) is 5.65 Å². The second-order valence-corrected chi connectivity index (χ2v) is 2.67. The smallest absolute Gasteiger partial charge is 0.355 e. The Balaban J connectivity index is 0.000000386. The van der Waals surface area contributed by atoms with Crippen molar-refractivity contribution in [3.63, 3.8) is 0 Å². The first-order valence-corrected chi connectivity index (χ1v) is 4.19. The van der Waals surface area contributed by atoms with Gasteiger partial charge in [0.05, 0.1) is 5.69 Å². The molecule has 0 aromatic carbocycles. The number of aliphatic hydroxyl groups excluding tert-OH is 1. The van der Waals surface area contributed by atoms with Crippen molar-refractivity contribution in [1.29, 1.82) is 0 Å². The number of aliphatic hydroxyl groups is 1. The van der Waals surface area contributed by atoms with Crippen LogP contribution in [0.15, 0.2) is 11.1 Å². The van der Waals surface area contributed by atoms with Gasteiger partial charge in [0, 0.05) is 0 Å². The molecule has 9 nitrogen and oxygen atoms in total. The molecule has 0 saturated carbocycles. The minimum atomic E-state index is -0.487. The number of hydrogen-bond acceptors (Lipinski definition) is 6. The highest BCUT2D eigenvalue weighted by Gasteiger charge is 2.06. The van der Waals surface area contributed by atoms with Crippen LogP contribution in [0.25, 0.3) is 5.65 Å². The molecule has 2 rings (SSSR count). The molecule has 0 bridgehead atoms. The largest absolute Gasteiger partial charge is 0.374 e. The molecule has 2 aromatic heterocycles. The third-order valence-corrected chi connectivity index (χ3v) is 1.73. The lowest BCUT2D eigenvalue weighted by molar-refractivity contribution is -0.106. The maximum atomic E-state index is 11.4. The van der Waals surface area contributed by atoms with Crippen LogP contribution >= 0.6 is 0 Å². The lowest BCUT2D eigenvalue weighted by Crippen LogP contribution is -2.29. The molecule has 0 aliphatic heterocycles. The molecule has 0 aliphatic carbocycles. The van der Waals surface area contributed by atoms with Gasteiger partial charge in [0.1, 0.15) is 13.1 Å². The maximum Gasteiger partial charge on any atom is 0.355 e. The predicted molar refractivity (Wildman–Crippen MR) is 52.2 cm³/mol. The van der Waals surface area contributed by atoms with Crippen LogP contribution in [0.3, 0.4) is 0 Å². The number of carbonyl (C=O) groups excluding carboxylic acids is 1. The first-order valence-electron chi connectivity index (χ1n) is 4.19. The van der Waals surface area contributed by atoms with Gasteiger partial charge in [-0.15, -0.1) is 5.10 Å². The van der Waals surface area contributed by atoms with Crippen molar-refractivity contribution in [3.05, 3.63) is 22.5 Å². The number of nitrogens with two attached hydrogens (primary N) is 1. The lowest BCUT2D eigenvalue weighted by Gasteiger charge is -1.97. The second kappa shape index (κ2) is 4.98. The summed E-state index contributed by atoms with van der Waals surface area (Å²) in [6, 6.07) is 0. The zero-order valence-corrected chi connectivity index (χ0v) is 8.44. The average Bonchev–Trinajstić information content (AvgIpc) is 2.63. The quantitative estimate of drug-likeness (QED) is 0.523. The van der Waals surface area contributed by atoms with E-state index in [0.717, 1.165) is 4.68 Å². The number of rotatable bonds is 1. The van der Waals surface area contributed by atoms with E-state index in [2.05, 4.69) is 21.0 Å². The lowest BCUT2D eigenvalue weighted by atomic mass is 10.5. The number of fused-ring (bicyclic) bond motifs is 1. The number of carbonyl (C=O) groups is 1. The van der Waals surface area contributed by atoms with Crippen LogP contribution in [-0.2, 0) is 11.5 Å². The summed E-state index contributed by atoms with van der Waals surface area (Å²) in [7, 11) is 0. The fourth-order valence-corrected chi connectivity index (χ4v) is 1.04. The van der Waals surface area contributed by atoms with Crippen molar-refractivity contribution in [1.82, 2.24) is 24.4 Å². The summed E-state index contributed by atoms with van der Waals surface area (Å²) in [6.45, 7) is 1.24. The van der Waals surface area contributed by atoms with E-state index >= 15 is 0 Å². The van der Waals surface area contributed by atoms with Crippen LogP contribution in [0.1, 0.15) is 5.69 Å². The molecule has 1 amide bonds. The minimum Gasteiger partial charge on any atom is -0.374 e. The summed E-state index contributed by atoms with van der Waals surface area (Å²) < 4.78 is 2.08. The van der Waals surface area contributed by atoms with Crippen molar-refractivity contribution >= 4 is 12.1 Å².